The monoisotopic (exact) mass is 289 g/mol. The number of non-ortho nitro benzene ring substituents is 1. The van der Waals surface area contributed by atoms with Crippen LogP contribution in [0.3, 0.4) is 0 Å². The van der Waals surface area contributed by atoms with E-state index in [0.29, 0.717) is 0 Å². The molecular formula is C14H15N3O4. The van der Waals surface area contributed by atoms with Gasteiger partial charge in [-0.05, 0) is 6.07 Å². The van der Waals surface area contributed by atoms with Crippen molar-refractivity contribution in [2.75, 3.05) is 18.4 Å². The Morgan fingerprint density at radius 3 is 2.43 bits per heavy atom. The van der Waals surface area contributed by atoms with Gasteiger partial charge in [0.25, 0.3) is 5.69 Å². The number of amides is 2. The lowest BCUT2D eigenvalue weighted by Gasteiger charge is -2.18. The molecule has 1 aromatic rings. The third kappa shape index (κ3) is 4.57. The molecule has 0 aromatic heterocycles. The highest BCUT2D eigenvalue weighted by Crippen LogP contribution is 2.17. The van der Waals surface area contributed by atoms with Crippen molar-refractivity contribution in [3.63, 3.8) is 0 Å². The Balaban J connectivity index is 2.81. The maximum absolute atomic E-state index is 11.9. The lowest BCUT2D eigenvalue weighted by Crippen LogP contribution is -2.39. The van der Waals surface area contributed by atoms with Gasteiger partial charge in [0.05, 0.1) is 4.92 Å². The second kappa shape index (κ2) is 7.59. The third-order valence-electron chi connectivity index (χ3n) is 2.50. The van der Waals surface area contributed by atoms with Crippen LogP contribution in [0.5, 0.6) is 0 Å². The van der Waals surface area contributed by atoms with Gasteiger partial charge >= 0.3 is 11.8 Å². The van der Waals surface area contributed by atoms with Crippen molar-refractivity contribution in [3.8, 4) is 0 Å². The molecule has 0 saturated heterocycles. The highest BCUT2D eigenvalue weighted by Gasteiger charge is 2.20. The normalized spacial score (nSPS) is 9.52. The quantitative estimate of drug-likeness (QED) is 0.373. The zero-order valence-electron chi connectivity index (χ0n) is 11.3. The van der Waals surface area contributed by atoms with Crippen LogP contribution in [0.2, 0.25) is 0 Å². The average Bonchev–Trinajstić information content (AvgIpc) is 2.46. The first-order valence-electron chi connectivity index (χ1n) is 6.06. The van der Waals surface area contributed by atoms with Crippen molar-refractivity contribution in [1.29, 1.82) is 0 Å². The standard InChI is InChI=1S/C14H15N3O4/c1-3-8-16(9-4-2)14(19)13(18)15-11-6-5-7-12(10-11)17(20)21/h3-7,10H,1-2,8-9H2,(H,15,18). The van der Waals surface area contributed by atoms with Crippen LogP contribution in [0.15, 0.2) is 49.6 Å². The Morgan fingerprint density at radius 2 is 1.90 bits per heavy atom. The molecule has 1 aromatic carbocycles. The Bertz CT molecular complexity index is 573. The summed E-state index contributed by atoms with van der Waals surface area (Å²) >= 11 is 0. The molecule has 0 aliphatic heterocycles. The maximum atomic E-state index is 11.9. The molecule has 0 unspecified atom stereocenters. The Hall–Kier alpha value is -2.96. The molecule has 110 valence electrons. The topological polar surface area (TPSA) is 92.6 Å². The van der Waals surface area contributed by atoms with E-state index in [0.717, 1.165) is 0 Å². The molecule has 0 fully saturated rings. The van der Waals surface area contributed by atoms with E-state index < -0.39 is 16.7 Å². The first-order chi connectivity index (χ1) is 9.99. The van der Waals surface area contributed by atoms with Gasteiger partial charge in [0.2, 0.25) is 0 Å². The van der Waals surface area contributed by atoms with Crippen molar-refractivity contribution in [3.05, 3.63) is 59.7 Å². The molecular weight excluding hydrogens is 274 g/mol. The largest absolute Gasteiger partial charge is 0.327 e. The van der Waals surface area contributed by atoms with Crippen LogP contribution in [0.25, 0.3) is 0 Å². The van der Waals surface area contributed by atoms with Gasteiger partial charge in [-0.25, -0.2) is 0 Å². The summed E-state index contributed by atoms with van der Waals surface area (Å²) in [6.07, 6.45) is 2.98. The van der Waals surface area contributed by atoms with E-state index in [-0.39, 0.29) is 24.5 Å². The number of nitro groups is 1. The van der Waals surface area contributed by atoms with Crippen LogP contribution in [-0.4, -0.2) is 34.7 Å². The highest BCUT2D eigenvalue weighted by atomic mass is 16.6. The third-order valence-corrected chi connectivity index (χ3v) is 2.50. The molecule has 0 atom stereocenters. The fraction of sp³-hybridized carbons (Fsp3) is 0.143. The second-order valence-corrected chi connectivity index (χ2v) is 4.05. The molecule has 0 saturated carbocycles. The number of nitro benzene ring substituents is 1. The summed E-state index contributed by atoms with van der Waals surface area (Å²) in [5.41, 5.74) is 0.00833. The fourth-order valence-electron chi connectivity index (χ4n) is 1.58. The van der Waals surface area contributed by atoms with Crippen molar-refractivity contribution < 1.29 is 14.5 Å². The lowest BCUT2D eigenvalue weighted by molar-refractivity contribution is -0.384. The van der Waals surface area contributed by atoms with Crippen LogP contribution in [0, 0.1) is 10.1 Å². The molecule has 7 heteroatoms. The summed E-state index contributed by atoms with van der Waals surface area (Å²) in [5, 5.41) is 13.0. The van der Waals surface area contributed by atoms with Gasteiger partial charge < -0.3 is 10.2 Å². The summed E-state index contributed by atoms with van der Waals surface area (Å²) in [7, 11) is 0. The number of nitrogens with zero attached hydrogens (tertiary/aromatic N) is 2. The van der Waals surface area contributed by atoms with Crippen LogP contribution in [-0.2, 0) is 9.59 Å². The van der Waals surface area contributed by atoms with Crippen molar-refractivity contribution in [1.82, 2.24) is 4.90 Å². The predicted molar refractivity (Wildman–Crippen MR) is 78.7 cm³/mol. The van der Waals surface area contributed by atoms with E-state index in [4.69, 9.17) is 0 Å². The summed E-state index contributed by atoms with van der Waals surface area (Å²) in [6, 6.07) is 5.35. The molecule has 0 heterocycles. The predicted octanol–water partition coefficient (Wildman–Crippen LogP) is 1.73. The molecule has 0 aliphatic rings. The van der Waals surface area contributed by atoms with E-state index in [2.05, 4.69) is 18.5 Å². The molecule has 1 N–H and O–H groups in total. The minimum Gasteiger partial charge on any atom is -0.327 e. The number of hydrogen-bond acceptors (Lipinski definition) is 4. The Kier molecular flexibility index (Phi) is 5.81. The van der Waals surface area contributed by atoms with Crippen LogP contribution >= 0.6 is 0 Å². The number of hydrogen-bond donors (Lipinski definition) is 1. The Labute approximate surface area is 121 Å². The zero-order valence-corrected chi connectivity index (χ0v) is 11.3. The van der Waals surface area contributed by atoms with Gasteiger partial charge in [-0.3, -0.25) is 19.7 Å². The average molecular weight is 289 g/mol. The van der Waals surface area contributed by atoms with Gasteiger partial charge in [-0.1, -0.05) is 18.2 Å². The molecule has 1 rings (SSSR count). The van der Waals surface area contributed by atoms with Gasteiger partial charge in [0.15, 0.2) is 0 Å². The summed E-state index contributed by atoms with van der Waals surface area (Å²) in [4.78, 5) is 35.1. The van der Waals surface area contributed by atoms with E-state index in [9.17, 15) is 19.7 Å². The number of anilines is 1. The minimum atomic E-state index is -0.876. The lowest BCUT2D eigenvalue weighted by atomic mass is 10.2. The number of carbonyl (C=O) groups excluding carboxylic acids is 2. The molecule has 2 amide bonds. The maximum Gasteiger partial charge on any atom is 0.313 e. The van der Waals surface area contributed by atoms with Gasteiger partial charge in [-0.15, -0.1) is 13.2 Å². The second-order valence-electron chi connectivity index (χ2n) is 4.05. The number of benzene rings is 1. The zero-order chi connectivity index (χ0) is 15.8. The van der Waals surface area contributed by atoms with Gasteiger partial charge in [0.1, 0.15) is 0 Å². The summed E-state index contributed by atoms with van der Waals surface area (Å²) in [5.74, 6) is -1.64. The summed E-state index contributed by atoms with van der Waals surface area (Å²) < 4.78 is 0. The molecule has 0 spiro atoms. The van der Waals surface area contributed by atoms with Gasteiger partial charge in [0, 0.05) is 30.9 Å². The fourth-order valence-corrected chi connectivity index (χ4v) is 1.58. The highest BCUT2D eigenvalue weighted by molar-refractivity contribution is 6.39. The van der Waals surface area contributed by atoms with Crippen molar-refractivity contribution >= 4 is 23.2 Å². The van der Waals surface area contributed by atoms with E-state index in [1.54, 1.807) is 0 Å². The molecule has 0 bridgehead atoms. The first-order valence-corrected chi connectivity index (χ1v) is 6.06. The molecule has 21 heavy (non-hydrogen) atoms. The number of carbonyl (C=O) groups is 2. The van der Waals surface area contributed by atoms with E-state index in [1.807, 2.05) is 0 Å². The number of nitrogens with one attached hydrogen (secondary N) is 1. The summed E-state index contributed by atoms with van der Waals surface area (Å²) in [6.45, 7) is 7.41. The van der Waals surface area contributed by atoms with E-state index >= 15 is 0 Å². The van der Waals surface area contributed by atoms with E-state index in [1.165, 1.54) is 41.3 Å². The number of rotatable bonds is 6. The van der Waals surface area contributed by atoms with Gasteiger partial charge in [-0.2, -0.15) is 0 Å². The van der Waals surface area contributed by atoms with Crippen LogP contribution in [0.1, 0.15) is 0 Å². The molecule has 0 radical (unpaired) electrons. The van der Waals surface area contributed by atoms with Crippen LogP contribution in [0.4, 0.5) is 11.4 Å². The first kappa shape index (κ1) is 16.1. The minimum absolute atomic E-state index is 0.172. The SMILES string of the molecule is C=CCN(CC=C)C(=O)C(=O)Nc1cccc([N+](=O)[O-])c1. The van der Waals surface area contributed by atoms with Crippen molar-refractivity contribution in [2.24, 2.45) is 0 Å². The molecule has 0 aliphatic carbocycles. The Morgan fingerprint density at radius 1 is 1.29 bits per heavy atom. The smallest absolute Gasteiger partial charge is 0.313 e. The molecule has 7 nitrogen and oxygen atoms in total. The van der Waals surface area contributed by atoms with Crippen molar-refractivity contribution in [2.45, 2.75) is 0 Å². The van der Waals surface area contributed by atoms with Crippen LogP contribution < -0.4 is 5.32 Å².